The molecule has 3 rings (SSSR count). The Balaban J connectivity index is 0.00000243. The minimum atomic E-state index is -1.11. The number of hydrogen-bond donors (Lipinski definition) is 2. The highest BCUT2D eigenvalue weighted by Gasteiger charge is 2.36. The highest BCUT2D eigenvalue weighted by Crippen LogP contribution is 2.45. The van der Waals surface area contributed by atoms with Crippen LogP contribution in [0.15, 0.2) is 53.4 Å². The number of amides is 1. The minimum Gasteiger partial charge on any atom is -0.497 e. The van der Waals surface area contributed by atoms with Crippen molar-refractivity contribution in [2.24, 2.45) is 0 Å². The van der Waals surface area contributed by atoms with E-state index >= 15 is 0 Å². The molecular weight excluding hydrogens is 372 g/mol. The number of carbonyl (C=O) groups excluding carboxylic acids is 1. The number of aliphatic hydroxyl groups is 1. The molecule has 0 saturated carbocycles. The fraction of sp³-hybridized carbons (Fsp3) is 0.316. The van der Waals surface area contributed by atoms with Crippen LogP contribution in [-0.2, 0) is 4.79 Å². The van der Waals surface area contributed by atoms with Gasteiger partial charge >= 0.3 is 0 Å². The summed E-state index contributed by atoms with van der Waals surface area (Å²) in [5, 5.41) is 13.5. The number of benzene rings is 2. The molecule has 2 unspecified atom stereocenters. The smallest absolute Gasteiger partial charge is 0.257 e. The van der Waals surface area contributed by atoms with E-state index in [1.807, 2.05) is 55.6 Å². The van der Waals surface area contributed by atoms with Gasteiger partial charge in [-0.05, 0) is 36.9 Å². The molecule has 26 heavy (non-hydrogen) atoms. The second-order valence-corrected chi connectivity index (χ2v) is 7.00. The fourth-order valence-corrected chi connectivity index (χ4v) is 4.16. The molecule has 2 aromatic rings. The number of para-hydroxylation sites is 1. The topological polar surface area (TPSA) is 61.8 Å². The second kappa shape index (κ2) is 9.28. The zero-order valence-electron chi connectivity index (χ0n) is 14.7. The van der Waals surface area contributed by atoms with Crippen molar-refractivity contribution in [3.05, 3.63) is 54.1 Å². The van der Waals surface area contributed by atoms with Gasteiger partial charge < -0.3 is 20.1 Å². The molecule has 2 atom stereocenters. The summed E-state index contributed by atoms with van der Waals surface area (Å²) in [6, 6.07) is 15.3. The summed E-state index contributed by atoms with van der Waals surface area (Å²) in [4.78, 5) is 15.6. The van der Waals surface area contributed by atoms with Gasteiger partial charge in [0, 0.05) is 18.0 Å². The molecule has 0 aromatic heterocycles. The first kappa shape index (κ1) is 20.6. The standard InChI is InChI=1S/C19H22N2O3S.ClH/c1-20-11-12-21-15-5-3-4-6-16(15)25-18(17(22)19(21)23)13-7-9-14(24-2)10-8-13;/h3-10,17-18,20,22H,11-12H2,1-2H3;1H. The maximum Gasteiger partial charge on any atom is 0.257 e. The maximum atomic E-state index is 12.9. The van der Waals surface area contributed by atoms with Crippen molar-refractivity contribution in [2.45, 2.75) is 16.2 Å². The van der Waals surface area contributed by atoms with Crippen molar-refractivity contribution in [1.29, 1.82) is 0 Å². The zero-order chi connectivity index (χ0) is 17.8. The number of likely N-dealkylation sites (N-methyl/N-ethyl adjacent to an activating group) is 1. The number of nitrogens with one attached hydrogen (secondary N) is 1. The lowest BCUT2D eigenvalue weighted by Crippen LogP contribution is -2.43. The number of rotatable bonds is 5. The lowest BCUT2D eigenvalue weighted by atomic mass is 10.1. The van der Waals surface area contributed by atoms with Crippen LogP contribution in [0.3, 0.4) is 0 Å². The number of aliphatic hydroxyl groups excluding tert-OH is 1. The number of carbonyl (C=O) groups is 1. The van der Waals surface area contributed by atoms with Crippen LogP contribution >= 0.6 is 24.2 Å². The summed E-state index contributed by atoms with van der Waals surface area (Å²) in [6.07, 6.45) is -1.11. The monoisotopic (exact) mass is 394 g/mol. The van der Waals surface area contributed by atoms with E-state index in [-0.39, 0.29) is 23.6 Å². The Morgan fingerprint density at radius 2 is 1.88 bits per heavy atom. The lowest BCUT2D eigenvalue weighted by molar-refractivity contribution is -0.126. The van der Waals surface area contributed by atoms with Crippen LogP contribution in [0.25, 0.3) is 0 Å². The van der Waals surface area contributed by atoms with Crippen LogP contribution < -0.4 is 15.0 Å². The van der Waals surface area contributed by atoms with Gasteiger partial charge in [-0.3, -0.25) is 4.79 Å². The van der Waals surface area contributed by atoms with Gasteiger partial charge in [-0.2, -0.15) is 0 Å². The number of thioether (sulfide) groups is 1. The SMILES string of the molecule is CNCCN1C(=O)C(O)C(c2ccc(OC)cc2)Sc2ccccc21.Cl. The Kier molecular flexibility index (Phi) is 7.34. The van der Waals surface area contributed by atoms with Crippen molar-refractivity contribution in [3.63, 3.8) is 0 Å². The summed E-state index contributed by atoms with van der Waals surface area (Å²) < 4.78 is 5.20. The number of ether oxygens (including phenoxy) is 1. The van der Waals surface area contributed by atoms with Gasteiger partial charge in [0.1, 0.15) is 11.9 Å². The number of nitrogens with zero attached hydrogens (tertiary/aromatic N) is 1. The first-order chi connectivity index (χ1) is 12.2. The molecule has 1 amide bonds. The minimum absolute atomic E-state index is 0. The number of hydrogen-bond acceptors (Lipinski definition) is 5. The van der Waals surface area contributed by atoms with E-state index in [2.05, 4.69) is 5.32 Å². The molecular formula is C19H23ClN2O3S. The Bertz CT molecular complexity index is 742. The van der Waals surface area contributed by atoms with E-state index in [1.54, 1.807) is 12.0 Å². The highest BCUT2D eigenvalue weighted by molar-refractivity contribution is 7.99. The molecule has 0 bridgehead atoms. The molecule has 0 spiro atoms. The molecule has 0 saturated heterocycles. The van der Waals surface area contributed by atoms with Gasteiger partial charge in [0.25, 0.3) is 5.91 Å². The van der Waals surface area contributed by atoms with Gasteiger partial charge in [-0.25, -0.2) is 0 Å². The maximum absolute atomic E-state index is 12.9. The van der Waals surface area contributed by atoms with E-state index in [9.17, 15) is 9.90 Å². The Labute approximate surface area is 164 Å². The van der Waals surface area contributed by atoms with Crippen molar-refractivity contribution in [2.75, 3.05) is 32.1 Å². The molecule has 0 aliphatic carbocycles. The third kappa shape index (κ3) is 4.15. The quantitative estimate of drug-likeness (QED) is 0.816. The molecule has 140 valence electrons. The van der Waals surface area contributed by atoms with Gasteiger partial charge in [0.05, 0.1) is 18.0 Å². The van der Waals surface area contributed by atoms with Crippen LogP contribution in [0.1, 0.15) is 10.8 Å². The van der Waals surface area contributed by atoms with Gasteiger partial charge in [-0.15, -0.1) is 24.2 Å². The average Bonchev–Trinajstić information content (AvgIpc) is 2.76. The van der Waals surface area contributed by atoms with Gasteiger partial charge in [0.2, 0.25) is 0 Å². The van der Waals surface area contributed by atoms with Crippen LogP contribution in [0, 0.1) is 0 Å². The first-order valence-electron chi connectivity index (χ1n) is 8.19. The van der Waals surface area contributed by atoms with E-state index in [0.29, 0.717) is 13.1 Å². The van der Waals surface area contributed by atoms with E-state index in [1.165, 1.54) is 11.8 Å². The Morgan fingerprint density at radius 1 is 1.19 bits per heavy atom. The third-order valence-electron chi connectivity index (χ3n) is 4.25. The molecule has 1 aliphatic rings. The molecule has 1 aliphatic heterocycles. The predicted octanol–water partition coefficient (Wildman–Crippen LogP) is 2.88. The zero-order valence-corrected chi connectivity index (χ0v) is 16.3. The lowest BCUT2D eigenvalue weighted by Gasteiger charge is -2.25. The molecule has 7 heteroatoms. The van der Waals surface area contributed by atoms with Crippen molar-refractivity contribution < 1.29 is 14.6 Å². The largest absolute Gasteiger partial charge is 0.497 e. The van der Waals surface area contributed by atoms with Crippen LogP contribution in [0.5, 0.6) is 5.75 Å². The average molecular weight is 395 g/mol. The molecule has 2 N–H and O–H groups in total. The normalized spacial score (nSPS) is 19.3. The molecule has 0 fully saturated rings. The van der Waals surface area contributed by atoms with Crippen molar-refractivity contribution in [3.8, 4) is 5.75 Å². The molecule has 0 radical (unpaired) electrons. The van der Waals surface area contributed by atoms with E-state index in [4.69, 9.17) is 4.74 Å². The number of anilines is 1. The molecule has 1 heterocycles. The first-order valence-corrected chi connectivity index (χ1v) is 9.07. The summed E-state index contributed by atoms with van der Waals surface area (Å²) in [6.45, 7) is 1.17. The molecule has 2 aromatic carbocycles. The van der Waals surface area contributed by atoms with Crippen molar-refractivity contribution >= 4 is 35.8 Å². The highest BCUT2D eigenvalue weighted by atomic mass is 35.5. The number of fused-ring (bicyclic) bond motifs is 1. The molecule has 5 nitrogen and oxygen atoms in total. The Morgan fingerprint density at radius 3 is 2.54 bits per heavy atom. The van der Waals surface area contributed by atoms with Crippen LogP contribution in [0.4, 0.5) is 5.69 Å². The summed E-state index contributed by atoms with van der Waals surface area (Å²) >= 11 is 1.52. The summed E-state index contributed by atoms with van der Waals surface area (Å²) in [5.41, 5.74) is 1.75. The fourth-order valence-electron chi connectivity index (χ4n) is 2.89. The van der Waals surface area contributed by atoms with E-state index < -0.39 is 6.10 Å². The van der Waals surface area contributed by atoms with Gasteiger partial charge in [0.15, 0.2) is 0 Å². The number of halogens is 1. The van der Waals surface area contributed by atoms with Crippen molar-refractivity contribution in [1.82, 2.24) is 5.32 Å². The summed E-state index contributed by atoms with van der Waals surface area (Å²) in [5.74, 6) is 0.479. The van der Waals surface area contributed by atoms with E-state index in [0.717, 1.165) is 21.9 Å². The number of methoxy groups -OCH3 is 1. The third-order valence-corrected chi connectivity index (χ3v) is 5.63. The second-order valence-electron chi connectivity index (χ2n) is 5.82. The predicted molar refractivity (Wildman–Crippen MR) is 108 cm³/mol. The van der Waals surface area contributed by atoms with Crippen LogP contribution in [-0.4, -0.2) is 44.4 Å². The summed E-state index contributed by atoms with van der Waals surface area (Å²) in [7, 11) is 3.46. The van der Waals surface area contributed by atoms with Gasteiger partial charge in [-0.1, -0.05) is 24.3 Å². The Hall–Kier alpha value is -1.73. The van der Waals surface area contributed by atoms with Crippen LogP contribution in [0.2, 0.25) is 0 Å².